The Hall–Kier alpha value is -1.98. The summed E-state index contributed by atoms with van der Waals surface area (Å²) < 4.78 is 10.1. The number of carbonyl (C=O) groups excluding carboxylic acids is 2. The largest absolute Gasteiger partial charge is 0.466 e. The number of hydrogen-bond acceptors (Lipinski definition) is 5. The summed E-state index contributed by atoms with van der Waals surface area (Å²) in [4.78, 5) is 25.0. The van der Waals surface area contributed by atoms with Gasteiger partial charge in [-0.05, 0) is 38.5 Å². The van der Waals surface area contributed by atoms with Crippen molar-refractivity contribution in [2.75, 3.05) is 13.7 Å². The summed E-state index contributed by atoms with van der Waals surface area (Å²) in [5.41, 5.74) is 2.39. The zero-order chi connectivity index (χ0) is 18.7. The minimum Gasteiger partial charge on any atom is -0.466 e. The Morgan fingerprint density at radius 2 is 1.72 bits per heavy atom. The lowest BCUT2D eigenvalue weighted by Gasteiger charge is -2.30. The van der Waals surface area contributed by atoms with E-state index < -0.39 is 17.9 Å². The first-order valence-electron chi connectivity index (χ1n) is 7.70. The smallest absolute Gasteiger partial charge is 0.336 e. The zero-order valence-electron chi connectivity index (χ0n) is 14.4. The summed E-state index contributed by atoms with van der Waals surface area (Å²) in [5, 5.41) is 3.86. The van der Waals surface area contributed by atoms with Gasteiger partial charge in [-0.1, -0.05) is 29.3 Å². The van der Waals surface area contributed by atoms with Crippen molar-refractivity contribution in [2.24, 2.45) is 0 Å². The van der Waals surface area contributed by atoms with E-state index in [0.717, 1.165) is 0 Å². The van der Waals surface area contributed by atoms with Crippen LogP contribution in [0.4, 0.5) is 0 Å². The first kappa shape index (κ1) is 19.3. The van der Waals surface area contributed by atoms with E-state index in [1.165, 1.54) is 7.11 Å². The van der Waals surface area contributed by atoms with Crippen LogP contribution in [0.1, 0.15) is 32.3 Å². The molecule has 1 heterocycles. The standard InChI is InChI=1S/C18H19Cl2NO4/c1-5-25-18(23)15-10(3)21-9(2)14(17(22)24-4)16(15)12-7-6-11(19)8-13(12)20/h6-8,16,21H,5H2,1-4H3. The highest BCUT2D eigenvalue weighted by Gasteiger charge is 2.38. The number of rotatable bonds is 4. The van der Waals surface area contributed by atoms with Crippen LogP contribution in [0.15, 0.2) is 40.7 Å². The molecule has 0 saturated heterocycles. The number of allylic oxidation sites excluding steroid dienone is 2. The highest BCUT2D eigenvalue weighted by molar-refractivity contribution is 6.35. The fourth-order valence-electron chi connectivity index (χ4n) is 2.90. The van der Waals surface area contributed by atoms with Gasteiger partial charge in [-0.15, -0.1) is 0 Å². The number of hydrogen-bond donors (Lipinski definition) is 1. The van der Waals surface area contributed by atoms with Crippen molar-refractivity contribution >= 4 is 35.1 Å². The fourth-order valence-corrected chi connectivity index (χ4v) is 3.42. The van der Waals surface area contributed by atoms with E-state index in [-0.39, 0.29) is 6.61 Å². The molecule has 0 spiro atoms. The molecule has 25 heavy (non-hydrogen) atoms. The van der Waals surface area contributed by atoms with Crippen molar-refractivity contribution in [2.45, 2.75) is 26.7 Å². The summed E-state index contributed by atoms with van der Waals surface area (Å²) >= 11 is 12.3. The average molecular weight is 384 g/mol. The van der Waals surface area contributed by atoms with E-state index >= 15 is 0 Å². The molecule has 5 nitrogen and oxygen atoms in total. The van der Waals surface area contributed by atoms with Crippen LogP contribution in [0, 0.1) is 0 Å². The van der Waals surface area contributed by atoms with Crippen LogP contribution in [0.2, 0.25) is 10.0 Å². The molecule has 134 valence electrons. The number of methoxy groups -OCH3 is 1. The number of nitrogens with one attached hydrogen (secondary N) is 1. The first-order chi connectivity index (χ1) is 11.8. The maximum Gasteiger partial charge on any atom is 0.336 e. The molecule has 1 aliphatic rings. The van der Waals surface area contributed by atoms with Crippen LogP contribution in [0.3, 0.4) is 0 Å². The number of esters is 2. The van der Waals surface area contributed by atoms with Gasteiger partial charge in [0.15, 0.2) is 0 Å². The molecule has 1 aliphatic heterocycles. The minimum absolute atomic E-state index is 0.215. The second kappa shape index (κ2) is 7.93. The second-order valence-electron chi connectivity index (χ2n) is 5.51. The zero-order valence-corrected chi connectivity index (χ0v) is 15.9. The van der Waals surface area contributed by atoms with Crippen LogP contribution < -0.4 is 5.32 Å². The monoisotopic (exact) mass is 383 g/mol. The van der Waals surface area contributed by atoms with Crippen LogP contribution in [-0.2, 0) is 19.1 Å². The van der Waals surface area contributed by atoms with E-state index in [4.69, 9.17) is 32.7 Å². The van der Waals surface area contributed by atoms with Gasteiger partial charge in [-0.3, -0.25) is 0 Å². The van der Waals surface area contributed by atoms with E-state index in [2.05, 4.69) is 5.32 Å². The van der Waals surface area contributed by atoms with Gasteiger partial charge in [-0.2, -0.15) is 0 Å². The minimum atomic E-state index is -0.711. The van der Waals surface area contributed by atoms with E-state index in [1.807, 2.05) is 0 Å². The summed E-state index contributed by atoms with van der Waals surface area (Å²) in [5.74, 6) is -1.77. The Morgan fingerprint density at radius 1 is 1.12 bits per heavy atom. The van der Waals surface area contributed by atoms with Crippen molar-refractivity contribution in [3.8, 4) is 0 Å². The molecule has 0 aliphatic carbocycles. The second-order valence-corrected chi connectivity index (χ2v) is 6.36. The Labute approximate surface area is 156 Å². The highest BCUT2D eigenvalue weighted by atomic mass is 35.5. The van der Waals surface area contributed by atoms with E-state index in [0.29, 0.717) is 38.1 Å². The Kier molecular flexibility index (Phi) is 6.14. The summed E-state index contributed by atoms with van der Waals surface area (Å²) in [7, 11) is 1.29. The van der Waals surface area contributed by atoms with Gasteiger partial charge >= 0.3 is 11.9 Å². The van der Waals surface area contributed by atoms with Crippen molar-refractivity contribution in [1.29, 1.82) is 0 Å². The van der Waals surface area contributed by atoms with Crippen molar-refractivity contribution < 1.29 is 19.1 Å². The van der Waals surface area contributed by atoms with Gasteiger partial charge in [0.1, 0.15) is 0 Å². The molecular formula is C18H19Cl2NO4. The van der Waals surface area contributed by atoms with Gasteiger partial charge in [0, 0.05) is 21.4 Å². The van der Waals surface area contributed by atoms with Crippen LogP contribution in [-0.4, -0.2) is 25.7 Å². The molecule has 7 heteroatoms. The molecule has 0 bridgehead atoms. The molecule has 0 radical (unpaired) electrons. The third-order valence-corrected chi connectivity index (χ3v) is 4.50. The Balaban J connectivity index is 2.71. The van der Waals surface area contributed by atoms with Crippen LogP contribution in [0.5, 0.6) is 0 Å². The fraction of sp³-hybridized carbons (Fsp3) is 0.333. The lowest BCUT2D eigenvalue weighted by Crippen LogP contribution is -2.32. The normalized spacial score (nSPS) is 17.3. The highest BCUT2D eigenvalue weighted by Crippen LogP contribution is 2.42. The predicted octanol–water partition coefficient (Wildman–Crippen LogP) is 3.96. The van der Waals surface area contributed by atoms with E-state index in [1.54, 1.807) is 39.0 Å². The molecule has 0 amide bonds. The molecule has 0 aromatic heterocycles. The quantitative estimate of drug-likeness (QED) is 0.796. The number of dihydropyridines is 1. The molecular weight excluding hydrogens is 365 g/mol. The SMILES string of the molecule is CCOC(=O)C1=C(C)NC(C)=C(C(=O)OC)C1c1ccc(Cl)cc1Cl. The van der Waals surface area contributed by atoms with Gasteiger partial charge < -0.3 is 14.8 Å². The molecule has 0 saturated carbocycles. The summed E-state index contributed by atoms with van der Waals surface area (Å²) in [6.07, 6.45) is 0. The predicted molar refractivity (Wildman–Crippen MR) is 96.4 cm³/mol. The molecule has 1 unspecified atom stereocenters. The van der Waals surface area contributed by atoms with Crippen LogP contribution >= 0.6 is 23.2 Å². The maximum atomic E-state index is 12.6. The van der Waals surface area contributed by atoms with Gasteiger partial charge in [-0.25, -0.2) is 9.59 Å². The molecule has 1 N–H and O–H groups in total. The van der Waals surface area contributed by atoms with Crippen molar-refractivity contribution in [3.05, 3.63) is 56.3 Å². The molecule has 0 fully saturated rings. The number of benzene rings is 1. The summed E-state index contributed by atoms with van der Waals surface area (Å²) in [6, 6.07) is 4.93. The van der Waals surface area contributed by atoms with Crippen molar-refractivity contribution in [3.63, 3.8) is 0 Å². The maximum absolute atomic E-state index is 12.6. The Bertz CT molecular complexity index is 783. The van der Waals surface area contributed by atoms with Gasteiger partial charge in [0.25, 0.3) is 0 Å². The molecule has 1 atom stereocenters. The average Bonchev–Trinajstić information content (AvgIpc) is 2.53. The van der Waals surface area contributed by atoms with Crippen molar-refractivity contribution in [1.82, 2.24) is 5.32 Å². The third kappa shape index (κ3) is 3.83. The van der Waals surface area contributed by atoms with Gasteiger partial charge in [0.05, 0.1) is 30.8 Å². The Morgan fingerprint density at radius 3 is 2.24 bits per heavy atom. The lowest BCUT2D eigenvalue weighted by molar-refractivity contribution is -0.139. The lowest BCUT2D eigenvalue weighted by atomic mass is 9.80. The molecule has 1 aromatic carbocycles. The van der Waals surface area contributed by atoms with Gasteiger partial charge in [0.2, 0.25) is 0 Å². The number of halogens is 2. The molecule has 2 rings (SSSR count). The first-order valence-corrected chi connectivity index (χ1v) is 8.46. The number of ether oxygens (including phenoxy) is 2. The van der Waals surface area contributed by atoms with E-state index in [9.17, 15) is 9.59 Å². The van der Waals surface area contributed by atoms with Crippen LogP contribution in [0.25, 0.3) is 0 Å². The molecule has 1 aromatic rings. The topological polar surface area (TPSA) is 64.6 Å². The summed E-state index contributed by atoms with van der Waals surface area (Å²) in [6.45, 7) is 5.43. The third-order valence-electron chi connectivity index (χ3n) is 3.93. The number of carbonyl (C=O) groups is 2.